The van der Waals surface area contributed by atoms with Crippen molar-refractivity contribution in [3.63, 3.8) is 0 Å². The number of nitrogens with zero attached hydrogens (tertiary/aromatic N) is 2. The zero-order valence-corrected chi connectivity index (χ0v) is 17.5. The molecule has 2 aromatic rings. The van der Waals surface area contributed by atoms with E-state index in [0.717, 1.165) is 56.5 Å². The molecule has 1 saturated heterocycles. The van der Waals surface area contributed by atoms with Crippen molar-refractivity contribution in [3.05, 3.63) is 53.6 Å². The number of anilines is 1. The van der Waals surface area contributed by atoms with Crippen LogP contribution in [-0.4, -0.2) is 50.2 Å². The zero-order chi connectivity index (χ0) is 17.6. The highest BCUT2D eigenvalue weighted by molar-refractivity contribution is 5.85. The number of methoxy groups -OCH3 is 2. The third-order valence-corrected chi connectivity index (χ3v) is 4.64. The Morgan fingerprint density at radius 1 is 0.778 bits per heavy atom. The molecule has 0 unspecified atom stereocenters. The lowest BCUT2D eigenvalue weighted by molar-refractivity contribution is 0.122. The molecule has 0 radical (unpaired) electrons. The minimum atomic E-state index is 0. The third-order valence-electron chi connectivity index (χ3n) is 4.64. The minimum Gasteiger partial charge on any atom is -0.497 e. The zero-order valence-electron chi connectivity index (χ0n) is 15.9. The van der Waals surface area contributed by atoms with Crippen LogP contribution in [-0.2, 0) is 13.1 Å². The monoisotopic (exact) mass is 413 g/mol. The van der Waals surface area contributed by atoms with Gasteiger partial charge in [-0.05, 0) is 35.4 Å². The molecule has 0 saturated carbocycles. The van der Waals surface area contributed by atoms with Gasteiger partial charge in [-0.25, -0.2) is 0 Å². The number of hydrogen-bond donors (Lipinski definition) is 1. The first-order valence-corrected chi connectivity index (χ1v) is 8.67. The SMILES string of the molecule is COc1cc(CN2CCN(Cc3cccc(N)c3)CC2)cc(OC)c1.Cl.Cl. The quantitative estimate of drug-likeness (QED) is 0.734. The molecule has 0 aliphatic carbocycles. The molecule has 3 rings (SSSR count). The average molecular weight is 414 g/mol. The predicted molar refractivity (Wildman–Crippen MR) is 115 cm³/mol. The lowest BCUT2D eigenvalue weighted by Crippen LogP contribution is -2.45. The maximum absolute atomic E-state index is 5.87. The molecule has 5 nitrogen and oxygen atoms in total. The van der Waals surface area contributed by atoms with Crippen LogP contribution in [0.3, 0.4) is 0 Å². The lowest BCUT2D eigenvalue weighted by Gasteiger charge is -2.34. The van der Waals surface area contributed by atoms with Gasteiger partial charge in [-0.2, -0.15) is 0 Å². The molecule has 0 spiro atoms. The third kappa shape index (κ3) is 6.78. The van der Waals surface area contributed by atoms with Gasteiger partial charge in [0.1, 0.15) is 11.5 Å². The summed E-state index contributed by atoms with van der Waals surface area (Å²) in [7, 11) is 3.38. The van der Waals surface area contributed by atoms with E-state index < -0.39 is 0 Å². The average Bonchev–Trinajstić information content (AvgIpc) is 2.63. The van der Waals surface area contributed by atoms with E-state index in [1.165, 1.54) is 11.1 Å². The Hall–Kier alpha value is -1.66. The van der Waals surface area contributed by atoms with E-state index in [9.17, 15) is 0 Å². The molecule has 1 fully saturated rings. The fourth-order valence-electron chi connectivity index (χ4n) is 3.27. The van der Waals surface area contributed by atoms with Gasteiger partial charge in [0.2, 0.25) is 0 Å². The summed E-state index contributed by atoms with van der Waals surface area (Å²) in [6, 6.07) is 14.2. The van der Waals surface area contributed by atoms with E-state index in [1.807, 2.05) is 18.2 Å². The number of ether oxygens (including phenoxy) is 2. The van der Waals surface area contributed by atoms with Crippen molar-refractivity contribution >= 4 is 30.5 Å². The first kappa shape index (κ1) is 23.4. The molecule has 7 heteroatoms. The number of piperazine rings is 1. The molecule has 0 amide bonds. The predicted octanol–water partition coefficient (Wildman–Crippen LogP) is 3.45. The van der Waals surface area contributed by atoms with Crippen LogP contribution in [0.15, 0.2) is 42.5 Å². The maximum atomic E-state index is 5.87. The molecule has 0 aromatic heterocycles. The second-order valence-corrected chi connectivity index (χ2v) is 6.52. The molecular formula is C20H29Cl2N3O2. The summed E-state index contributed by atoms with van der Waals surface area (Å²) in [6.07, 6.45) is 0. The van der Waals surface area contributed by atoms with Gasteiger partial charge in [-0.1, -0.05) is 12.1 Å². The van der Waals surface area contributed by atoms with E-state index in [4.69, 9.17) is 15.2 Å². The highest BCUT2D eigenvalue weighted by Crippen LogP contribution is 2.24. The van der Waals surface area contributed by atoms with Crippen molar-refractivity contribution in [2.24, 2.45) is 0 Å². The Bertz CT molecular complexity index is 685. The van der Waals surface area contributed by atoms with Gasteiger partial charge in [-0.3, -0.25) is 9.80 Å². The summed E-state index contributed by atoms with van der Waals surface area (Å²) in [4.78, 5) is 4.96. The van der Waals surface area contributed by atoms with Gasteiger partial charge < -0.3 is 15.2 Å². The fourth-order valence-corrected chi connectivity index (χ4v) is 3.27. The number of nitrogen functional groups attached to an aromatic ring is 1. The van der Waals surface area contributed by atoms with Crippen molar-refractivity contribution in [3.8, 4) is 11.5 Å². The van der Waals surface area contributed by atoms with Crippen LogP contribution in [0.1, 0.15) is 11.1 Å². The summed E-state index contributed by atoms with van der Waals surface area (Å²) in [5.41, 5.74) is 9.21. The van der Waals surface area contributed by atoms with E-state index in [1.54, 1.807) is 14.2 Å². The maximum Gasteiger partial charge on any atom is 0.122 e. The molecular weight excluding hydrogens is 385 g/mol. The molecule has 1 aliphatic heterocycles. The van der Waals surface area contributed by atoms with Crippen LogP contribution >= 0.6 is 24.8 Å². The summed E-state index contributed by atoms with van der Waals surface area (Å²) in [6.45, 7) is 6.13. The molecule has 0 bridgehead atoms. The molecule has 1 heterocycles. The fraction of sp³-hybridized carbons (Fsp3) is 0.400. The van der Waals surface area contributed by atoms with E-state index in [0.29, 0.717) is 0 Å². The summed E-state index contributed by atoms with van der Waals surface area (Å²) in [5.74, 6) is 1.68. The number of hydrogen-bond acceptors (Lipinski definition) is 5. The van der Waals surface area contributed by atoms with Crippen molar-refractivity contribution < 1.29 is 9.47 Å². The number of rotatable bonds is 6. The van der Waals surface area contributed by atoms with Crippen LogP contribution in [0.5, 0.6) is 11.5 Å². The van der Waals surface area contributed by atoms with E-state index in [2.05, 4.69) is 34.1 Å². The van der Waals surface area contributed by atoms with Crippen LogP contribution < -0.4 is 15.2 Å². The lowest BCUT2D eigenvalue weighted by atomic mass is 10.1. The Balaban J connectivity index is 0.00000182. The number of nitrogens with two attached hydrogens (primary N) is 1. The Kier molecular flexibility index (Phi) is 9.74. The molecule has 1 aliphatic rings. The van der Waals surface area contributed by atoms with Gasteiger partial charge >= 0.3 is 0 Å². The standard InChI is InChI=1S/C20H27N3O2.2ClH/c1-24-19-11-17(12-20(13-19)25-2)15-23-8-6-22(7-9-23)14-16-4-3-5-18(21)10-16;;/h3-5,10-13H,6-9,14-15,21H2,1-2H3;2*1H. The topological polar surface area (TPSA) is 51.0 Å². The first-order chi connectivity index (χ1) is 12.2. The van der Waals surface area contributed by atoms with Gasteiger partial charge in [-0.15, -0.1) is 24.8 Å². The van der Waals surface area contributed by atoms with Gasteiger partial charge in [0.25, 0.3) is 0 Å². The minimum absolute atomic E-state index is 0. The number of benzene rings is 2. The van der Waals surface area contributed by atoms with Crippen LogP contribution in [0, 0.1) is 0 Å². The molecule has 2 aromatic carbocycles. The smallest absolute Gasteiger partial charge is 0.122 e. The summed E-state index contributed by atoms with van der Waals surface area (Å²) >= 11 is 0. The highest BCUT2D eigenvalue weighted by atomic mass is 35.5. The summed E-state index contributed by atoms with van der Waals surface area (Å²) < 4.78 is 10.7. The van der Waals surface area contributed by atoms with Gasteiger partial charge in [0.15, 0.2) is 0 Å². The van der Waals surface area contributed by atoms with Gasteiger partial charge in [0.05, 0.1) is 14.2 Å². The van der Waals surface area contributed by atoms with Crippen LogP contribution in [0.2, 0.25) is 0 Å². The second-order valence-electron chi connectivity index (χ2n) is 6.52. The molecule has 27 heavy (non-hydrogen) atoms. The van der Waals surface area contributed by atoms with E-state index in [-0.39, 0.29) is 24.8 Å². The number of halogens is 2. The Morgan fingerprint density at radius 3 is 1.78 bits per heavy atom. The first-order valence-electron chi connectivity index (χ1n) is 8.67. The summed E-state index contributed by atoms with van der Waals surface area (Å²) in [5, 5.41) is 0. The van der Waals surface area contributed by atoms with Crippen molar-refractivity contribution in [1.29, 1.82) is 0 Å². The molecule has 2 N–H and O–H groups in total. The Labute approximate surface area is 174 Å². The van der Waals surface area contributed by atoms with Crippen molar-refractivity contribution in [2.75, 3.05) is 46.1 Å². The highest BCUT2D eigenvalue weighted by Gasteiger charge is 2.17. The van der Waals surface area contributed by atoms with Crippen molar-refractivity contribution in [1.82, 2.24) is 9.80 Å². The van der Waals surface area contributed by atoms with Crippen LogP contribution in [0.25, 0.3) is 0 Å². The van der Waals surface area contributed by atoms with Gasteiger partial charge in [0, 0.05) is 51.0 Å². The van der Waals surface area contributed by atoms with Crippen LogP contribution in [0.4, 0.5) is 5.69 Å². The van der Waals surface area contributed by atoms with Crippen molar-refractivity contribution in [2.45, 2.75) is 13.1 Å². The molecule has 150 valence electrons. The van der Waals surface area contributed by atoms with E-state index >= 15 is 0 Å². The second kappa shape index (κ2) is 11.2. The normalized spacial score (nSPS) is 14.7. The Morgan fingerprint density at radius 2 is 1.30 bits per heavy atom. The largest absolute Gasteiger partial charge is 0.497 e. The molecule has 0 atom stereocenters.